The van der Waals surface area contributed by atoms with Crippen LogP contribution in [0.3, 0.4) is 0 Å². The molecule has 0 aliphatic carbocycles. The minimum Gasteiger partial charge on any atom is -0.396 e. The van der Waals surface area contributed by atoms with Crippen LogP contribution in [-0.2, 0) is 28.9 Å². The molecule has 3 rings (SSSR count). The third-order valence-electron chi connectivity index (χ3n) is 4.89. The van der Waals surface area contributed by atoms with Crippen molar-refractivity contribution < 1.29 is 22.8 Å². The lowest BCUT2D eigenvalue weighted by Crippen LogP contribution is -2.39. The summed E-state index contributed by atoms with van der Waals surface area (Å²) in [5.41, 5.74) is 11.2. The van der Waals surface area contributed by atoms with E-state index in [4.69, 9.17) is 28.5 Å². The summed E-state index contributed by atoms with van der Waals surface area (Å²) in [5, 5.41) is 10.0. The predicted octanol–water partition coefficient (Wildman–Crippen LogP) is 3.48. The summed E-state index contributed by atoms with van der Waals surface area (Å²) in [7, 11) is 0. The van der Waals surface area contributed by atoms with Crippen molar-refractivity contribution in [2.75, 3.05) is 16.8 Å². The number of nitrogen functional groups attached to an aromatic ring is 2. The fourth-order valence-corrected chi connectivity index (χ4v) is 3.24. The summed E-state index contributed by atoms with van der Waals surface area (Å²) >= 11 is 6.19. The highest BCUT2D eigenvalue weighted by molar-refractivity contribution is 6.40. The number of halogens is 4. The first-order valence-electron chi connectivity index (χ1n) is 9.91. The van der Waals surface area contributed by atoms with Crippen molar-refractivity contribution >= 4 is 46.8 Å². The van der Waals surface area contributed by atoms with Gasteiger partial charge in [-0.3, -0.25) is 14.6 Å². The molecule has 6 N–H and O–H groups in total. The summed E-state index contributed by atoms with van der Waals surface area (Å²) in [5.74, 6) is -2.16. The van der Waals surface area contributed by atoms with Crippen LogP contribution in [0.25, 0.3) is 0 Å². The highest BCUT2D eigenvalue weighted by Crippen LogP contribution is 2.29. The lowest BCUT2D eigenvalue weighted by molar-refractivity contribution is -0.144. The SMILES string of the molecule is N=Cc1c(N)ncc(NC(=O)C(=O)N(Cc2ccc(C(F)(F)F)cn2)Cc2ccccc2Cl)c1N. The van der Waals surface area contributed by atoms with E-state index in [0.717, 1.165) is 29.4 Å². The molecule has 0 saturated heterocycles. The van der Waals surface area contributed by atoms with Crippen LogP contribution in [0.15, 0.2) is 48.8 Å². The quantitative estimate of drug-likeness (QED) is 0.297. The highest BCUT2D eigenvalue weighted by Gasteiger charge is 2.31. The van der Waals surface area contributed by atoms with Crippen LogP contribution < -0.4 is 16.8 Å². The maximum absolute atomic E-state index is 13.1. The molecule has 0 aliphatic rings. The molecular formula is C22H19ClF3N7O2. The Labute approximate surface area is 202 Å². The van der Waals surface area contributed by atoms with Crippen molar-refractivity contribution in [1.29, 1.82) is 5.41 Å². The van der Waals surface area contributed by atoms with E-state index in [2.05, 4.69) is 15.3 Å². The van der Waals surface area contributed by atoms with Crippen LogP contribution in [0.1, 0.15) is 22.4 Å². The van der Waals surface area contributed by atoms with Gasteiger partial charge in [-0.1, -0.05) is 29.8 Å². The van der Waals surface area contributed by atoms with Crippen LogP contribution >= 0.6 is 11.6 Å². The van der Waals surface area contributed by atoms with Crippen LogP contribution in [0, 0.1) is 5.41 Å². The highest BCUT2D eigenvalue weighted by atomic mass is 35.5. The molecule has 0 saturated carbocycles. The van der Waals surface area contributed by atoms with E-state index in [1.165, 1.54) is 0 Å². The van der Waals surface area contributed by atoms with Gasteiger partial charge in [-0.05, 0) is 23.8 Å². The number of anilines is 3. The number of carbonyl (C=O) groups excluding carboxylic acids is 2. The molecule has 2 aromatic heterocycles. The Morgan fingerprint density at radius 1 is 1.09 bits per heavy atom. The fraction of sp³-hybridized carbons (Fsp3) is 0.136. The van der Waals surface area contributed by atoms with Gasteiger partial charge in [0.2, 0.25) is 0 Å². The number of hydrogen-bond donors (Lipinski definition) is 4. The molecule has 3 aromatic rings. The monoisotopic (exact) mass is 505 g/mol. The van der Waals surface area contributed by atoms with Gasteiger partial charge in [-0.25, -0.2) is 4.98 Å². The number of rotatable bonds is 6. The minimum atomic E-state index is -4.57. The molecule has 2 amide bonds. The average Bonchev–Trinajstić information content (AvgIpc) is 2.81. The lowest BCUT2D eigenvalue weighted by atomic mass is 10.2. The normalized spacial score (nSPS) is 11.1. The van der Waals surface area contributed by atoms with Gasteiger partial charge in [-0.2, -0.15) is 13.2 Å². The summed E-state index contributed by atoms with van der Waals surface area (Å²) in [6.45, 7) is -0.410. The van der Waals surface area contributed by atoms with Crippen LogP contribution in [0.4, 0.5) is 30.4 Å². The molecule has 0 aliphatic heterocycles. The Morgan fingerprint density at radius 2 is 1.80 bits per heavy atom. The summed E-state index contributed by atoms with van der Waals surface area (Å²) < 4.78 is 38.6. The van der Waals surface area contributed by atoms with Crippen LogP contribution in [0.5, 0.6) is 0 Å². The number of carbonyl (C=O) groups is 2. The number of benzene rings is 1. The van der Waals surface area contributed by atoms with Crippen LogP contribution in [0.2, 0.25) is 5.02 Å². The van der Waals surface area contributed by atoms with Crippen molar-refractivity contribution in [3.63, 3.8) is 0 Å². The van der Waals surface area contributed by atoms with Gasteiger partial charge in [0, 0.05) is 24.0 Å². The molecule has 0 atom stereocenters. The number of nitrogens with one attached hydrogen (secondary N) is 2. The van der Waals surface area contributed by atoms with Crippen molar-refractivity contribution in [3.8, 4) is 0 Å². The van der Waals surface area contributed by atoms with Crippen molar-refractivity contribution in [2.24, 2.45) is 0 Å². The maximum Gasteiger partial charge on any atom is 0.417 e. The van der Waals surface area contributed by atoms with E-state index in [0.29, 0.717) is 16.8 Å². The molecule has 1 aromatic carbocycles. The zero-order valence-electron chi connectivity index (χ0n) is 17.9. The molecule has 0 radical (unpaired) electrons. The topological polar surface area (TPSA) is 151 Å². The predicted molar refractivity (Wildman–Crippen MR) is 125 cm³/mol. The van der Waals surface area contributed by atoms with Gasteiger partial charge < -0.3 is 27.1 Å². The zero-order chi connectivity index (χ0) is 25.8. The molecule has 9 nitrogen and oxygen atoms in total. The van der Waals surface area contributed by atoms with Crippen LogP contribution in [-0.4, -0.2) is 32.9 Å². The van der Waals surface area contributed by atoms with Gasteiger partial charge in [0.25, 0.3) is 0 Å². The van der Waals surface area contributed by atoms with E-state index in [1.807, 2.05) is 0 Å². The van der Waals surface area contributed by atoms with Gasteiger partial charge in [-0.15, -0.1) is 0 Å². The van der Waals surface area contributed by atoms with E-state index < -0.39 is 23.6 Å². The maximum atomic E-state index is 13.1. The van der Waals surface area contributed by atoms with E-state index in [1.54, 1.807) is 24.3 Å². The standard InChI is InChI=1S/C22H19ClF3N7O2/c23-16-4-2-1-3-12(16)10-33(11-14-6-5-13(8-30-14)22(24,25)26)21(35)20(34)32-17-9-31-19(29)15(7-27)18(17)28/h1-9,27H,10-11H2,(H,32,34)(H4,28,29,31). The largest absolute Gasteiger partial charge is 0.417 e. The molecule has 13 heteroatoms. The number of nitrogens with zero attached hydrogens (tertiary/aromatic N) is 3. The lowest BCUT2D eigenvalue weighted by Gasteiger charge is -2.23. The Morgan fingerprint density at radius 3 is 2.40 bits per heavy atom. The van der Waals surface area contributed by atoms with Crippen molar-refractivity contribution in [1.82, 2.24) is 14.9 Å². The molecule has 2 heterocycles. The molecule has 0 unspecified atom stereocenters. The zero-order valence-corrected chi connectivity index (χ0v) is 18.7. The summed E-state index contributed by atoms with van der Waals surface area (Å²) in [6, 6.07) is 8.54. The third-order valence-corrected chi connectivity index (χ3v) is 5.26. The molecule has 182 valence electrons. The molecular weight excluding hydrogens is 487 g/mol. The number of nitrogens with two attached hydrogens (primary N) is 2. The van der Waals surface area contributed by atoms with E-state index in [-0.39, 0.29) is 41.5 Å². The number of pyridine rings is 2. The number of aromatic nitrogens is 2. The number of amides is 2. The first-order valence-corrected chi connectivity index (χ1v) is 10.3. The molecule has 0 fully saturated rings. The number of alkyl halides is 3. The minimum absolute atomic E-state index is 0.0319. The van der Waals surface area contributed by atoms with Crippen molar-refractivity contribution in [2.45, 2.75) is 19.3 Å². The molecule has 0 spiro atoms. The number of hydrogen-bond acceptors (Lipinski definition) is 7. The summed E-state index contributed by atoms with van der Waals surface area (Å²) in [6.07, 6.45) is -1.93. The van der Waals surface area contributed by atoms with Gasteiger partial charge in [0.1, 0.15) is 5.82 Å². The fourth-order valence-electron chi connectivity index (χ4n) is 3.04. The Balaban J connectivity index is 1.88. The van der Waals surface area contributed by atoms with E-state index in [9.17, 15) is 22.8 Å². The Bertz CT molecular complexity index is 1270. The Hall–Kier alpha value is -4.19. The summed E-state index contributed by atoms with van der Waals surface area (Å²) in [4.78, 5) is 34.5. The second-order valence-electron chi connectivity index (χ2n) is 7.27. The first-order chi connectivity index (χ1) is 16.5. The van der Waals surface area contributed by atoms with Gasteiger partial charge >= 0.3 is 18.0 Å². The van der Waals surface area contributed by atoms with Crippen molar-refractivity contribution in [3.05, 3.63) is 76.2 Å². The molecule has 0 bridgehead atoms. The second kappa shape index (κ2) is 10.4. The van der Waals surface area contributed by atoms with Gasteiger partial charge in [0.15, 0.2) is 0 Å². The van der Waals surface area contributed by atoms with Gasteiger partial charge in [0.05, 0.1) is 40.9 Å². The smallest absolute Gasteiger partial charge is 0.396 e. The van der Waals surface area contributed by atoms with E-state index >= 15 is 0 Å². The third kappa shape index (κ3) is 6.03. The first kappa shape index (κ1) is 25.4. The average molecular weight is 506 g/mol. The second-order valence-corrected chi connectivity index (χ2v) is 7.68. The molecule has 35 heavy (non-hydrogen) atoms. The Kier molecular flexibility index (Phi) is 7.55.